The highest BCUT2D eigenvalue weighted by Crippen LogP contribution is 2.23. The van der Waals surface area contributed by atoms with Gasteiger partial charge in [-0.1, -0.05) is 43.7 Å². The van der Waals surface area contributed by atoms with Gasteiger partial charge in [-0.25, -0.2) is 0 Å². The second-order valence-corrected chi connectivity index (χ2v) is 7.30. The third kappa shape index (κ3) is 4.43. The maximum Gasteiger partial charge on any atom is 0.282 e. The van der Waals surface area contributed by atoms with Gasteiger partial charge in [0.1, 0.15) is 0 Å². The molecule has 1 aromatic rings. The molecule has 22 heavy (non-hydrogen) atoms. The smallest absolute Gasteiger partial charge is 0.282 e. The summed E-state index contributed by atoms with van der Waals surface area (Å²) < 4.78 is 28.9. The van der Waals surface area contributed by atoms with Crippen molar-refractivity contribution in [2.75, 3.05) is 19.6 Å². The molecule has 0 aromatic heterocycles. The lowest BCUT2D eigenvalue weighted by atomic mass is 10.1. The van der Waals surface area contributed by atoms with E-state index in [1.165, 1.54) is 4.31 Å². The van der Waals surface area contributed by atoms with E-state index in [0.717, 1.165) is 24.8 Å². The quantitative estimate of drug-likeness (QED) is 0.855. The summed E-state index contributed by atoms with van der Waals surface area (Å²) in [6.45, 7) is 3.72. The molecule has 0 radical (unpaired) electrons. The van der Waals surface area contributed by atoms with Crippen molar-refractivity contribution in [2.45, 2.75) is 38.8 Å². The van der Waals surface area contributed by atoms with E-state index in [0.29, 0.717) is 26.2 Å². The van der Waals surface area contributed by atoms with Gasteiger partial charge in [-0.2, -0.15) is 17.0 Å². The molecule has 0 aliphatic carbocycles. The van der Waals surface area contributed by atoms with Crippen LogP contribution in [0.3, 0.4) is 0 Å². The number of halogens is 1. The molecule has 7 heteroatoms. The maximum absolute atomic E-state index is 12.9. The lowest BCUT2D eigenvalue weighted by Crippen LogP contribution is -2.52. The molecule has 1 unspecified atom stereocenters. The molecule has 1 heterocycles. The van der Waals surface area contributed by atoms with Crippen molar-refractivity contribution in [3.05, 3.63) is 35.9 Å². The zero-order valence-electron chi connectivity index (χ0n) is 13.0. The van der Waals surface area contributed by atoms with E-state index in [4.69, 9.17) is 5.73 Å². The fourth-order valence-electron chi connectivity index (χ4n) is 2.81. The molecule has 1 saturated heterocycles. The summed E-state index contributed by atoms with van der Waals surface area (Å²) in [4.78, 5) is 0. The molecule has 5 nitrogen and oxygen atoms in total. The lowest BCUT2D eigenvalue weighted by Gasteiger charge is -2.37. The maximum atomic E-state index is 12.9. The highest BCUT2D eigenvalue weighted by Gasteiger charge is 2.35. The second-order valence-electron chi connectivity index (χ2n) is 5.42. The van der Waals surface area contributed by atoms with Gasteiger partial charge >= 0.3 is 0 Å². The SMILES string of the molecule is CCN(Cc1ccccc1)S(=O)(=O)N1CCCCC1CN.Cl. The number of benzene rings is 1. The van der Waals surface area contributed by atoms with Gasteiger partial charge in [-0.3, -0.25) is 0 Å². The highest BCUT2D eigenvalue weighted by atomic mass is 35.5. The molecule has 2 N–H and O–H groups in total. The van der Waals surface area contributed by atoms with E-state index >= 15 is 0 Å². The number of nitrogens with zero attached hydrogens (tertiary/aromatic N) is 2. The largest absolute Gasteiger partial charge is 0.329 e. The Hall–Kier alpha value is -0.660. The molecule has 1 atom stereocenters. The van der Waals surface area contributed by atoms with E-state index in [1.807, 2.05) is 37.3 Å². The summed E-state index contributed by atoms with van der Waals surface area (Å²) in [6.07, 6.45) is 2.83. The van der Waals surface area contributed by atoms with Crippen molar-refractivity contribution in [1.29, 1.82) is 0 Å². The first kappa shape index (κ1) is 19.4. The summed E-state index contributed by atoms with van der Waals surface area (Å²) >= 11 is 0. The number of rotatable bonds is 6. The molecule has 1 aliphatic heterocycles. The Labute approximate surface area is 140 Å². The topological polar surface area (TPSA) is 66.6 Å². The van der Waals surface area contributed by atoms with Crippen LogP contribution in [0.15, 0.2) is 30.3 Å². The van der Waals surface area contributed by atoms with Crippen LogP contribution < -0.4 is 5.73 Å². The van der Waals surface area contributed by atoms with Crippen LogP contribution in [0.5, 0.6) is 0 Å². The van der Waals surface area contributed by atoms with Crippen LogP contribution in [0, 0.1) is 0 Å². The van der Waals surface area contributed by atoms with Gasteiger partial charge in [0.25, 0.3) is 10.2 Å². The Balaban J connectivity index is 0.00000242. The van der Waals surface area contributed by atoms with E-state index in [9.17, 15) is 8.42 Å². The van der Waals surface area contributed by atoms with Crippen LogP contribution in [0.4, 0.5) is 0 Å². The Kier molecular flexibility index (Phi) is 7.79. The minimum Gasteiger partial charge on any atom is -0.329 e. The van der Waals surface area contributed by atoms with Crippen LogP contribution in [0.25, 0.3) is 0 Å². The number of hydrogen-bond acceptors (Lipinski definition) is 3. The molecule has 0 spiro atoms. The Morgan fingerprint density at radius 3 is 2.55 bits per heavy atom. The van der Waals surface area contributed by atoms with Crippen molar-refractivity contribution in [3.63, 3.8) is 0 Å². The lowest BCUT2D eigenvalue weighted by molar-refractivity contribution is 0.235. The second kappa shape index (κ2) is 8.84. The van der Waals surface area contributed by atoms with Crippen molar-refractivity contribution < 1.29 is 8.42 Å². The van der Waals surface area contributed by atoms with Crippen molar-refractivity contribution in [2.24, 2.45) is 5.73 Å². The molecule has 0 bridgehead atoms. The van der Waals surface area contributed by atoms with Crippen molar-refractivity contribution >= 4 is 22.6 Å². The normalized spacial score (nSPS) is 19.9. The van der Waals surface area contributed by atoms with Gasteiger partial charge in [-0.05, 0) is 18.4 Å². The molecular formula is C15H26ClN3O2S. The first-order valence-corrected chi connectivity index (χ1v) is 9.00. The number of nitrogens with two attached hydrogens (primary N) is 1. The average Bonchev–Trinajstić information content (AvgIpc) is 2.53. The average molecular weight is 348 g/mol. The summed E-state index contributed by atoms with van der Waals surface area (Å²) in [6, 6.07) is 9.64. The summed E-state index contributed by atoms with van der Waals surface area (Å²) in [7, 11) is -3.45. The van der Waals surface area contributed by atoms with Gasteiger partial charge in [-0.15, -0.1) is 12.4 Å². The van der Waals surface area contributed by atoms with Crippen LogP contribution >= 0.6 is 12.4 Å². The predicted molar refractivity (Wildman–Crippen MR) is 92.1 cm³/mol. The zero-order chi connectivity index (χ0) is 15.3. The third-order valence-corrected chi connectivity index (χ3v) is 6.14. The molecule has 1 fully saturated rings. The Bertz CT molecular complexity index is 539. The molecular weight excluding hydrogens is 322 g/mol. The Morgan fingerprint density at radius 2 is 1.95 bits per heavy atom. The predicted octanol–water partition coefficient (Wildman–Crippen LogP) is 1.99. The van der Waals surface area contributed by atoms with Gasteiger partial charge in [0.15, 0.2) is 0 Å². The standard InChI is InChI=1S/C15H25N3O2S.ClH/c1-2-17(13-14-8-4-3-5-9-14)21(19,20)18-11-7-6-10-15(18)12-16;/h3-5,8-9,15H,2,6-7,10-13,16H2,1H3;1H. The van der Waals surface area contributed by atoms with Crippen LogP contribution in [0.1, 0.15) is 31.7 Å². The summed E-state index contributed by atoms with van der Waals surface area (Å²) in [5, 5.41) is 0. The molecule has 2 rings (SSSR count). The van der Waals surface area contributed by atoms with Gasteiger partial charge in [0, 0.05) is 32.2 Å². The van der Waals surface area contributed by atoms with Crippen LogP contribution in [0.2, 0.25) is 0 Å². The Morgan fingerprint density at radius 1 is 1.27 bits per heavy atom. The fraction of sp³-hybridized carbons (Fsp3) is 0.600. The fourth-order valence-corrected chi connectivity index (χ4v) is 4.67. The van der Waals surface area contributed by atoms with Crippen LogP contribution in [-0.2, 0) is 16.8 Å². The van der Waals surface area contributed by atoms with Crippen LogP contribution in [-0.4, -0.2) is 42.7 Å². The van der Waals surface area contributed by atoms with Crippen molar-refractivity contribution in [3.8, 4) is 0 Å². The minimum absolute atomic E-state index is 0. The van der Waals surface area contributed by atoms with Gasteiger partial charge in [0.05, 0.1) is 0 Å². The molecule has 1 aromatic carbocycles. The van der Waals surface area contributed by atoms with E-state index in [1.54, 1.807) is 4.31 Å². The first-order chi connectivity index (χ1) is 10.1. The summed E-state index contributed by atoms with van der Waals surface area (Å²) in [5.74, 6) is 0. The van der Waals surface area contributed by atoms with Crippen molar-refractivity contribution in [1.82, 2.24) is 8.61 Å². The third-order valence-electron chi connectivity index (χ3n) is 4.02. The first-order valence-electron chi connectivity index (χ1n) is 7.60. The summed E-state index contributed by atoms with van der Waals surface area (Å²) in [5.41, 5.74) is 6.76. The minimum atomic E-state index is -3.45. The molecule has 0 amide bonds. The monoisotopic (exact) mass is 347 g/mol. The molecule has 0 saturated carbocycles. The van der Waals surface area contributed by atoms with E-state index < -0.39 is 10.2 Å². The van der Waals surface area contributed by atoms with E-state index in [2.05, 4.69) is 0 Å². The highest BCUT2D eigenvalue weighted by molar-refractivity contribution is 7.86. The zero-order valence-corrected chi connectivity index (χ0v) is 14.7. The van der Waals surface area contributed by atoms with E-state index in [-0.39, 0.29) is 18.4 Å². The van der Waals surface area contributed by atoms with Gasteiger partial charge < -0.3 is 5.73 Å². The molecule has 126 valence electrons. The van der Waals surface area contributed by atoms with Gasteiger partial charge in [0.2, 0.25) is 0 Å². The number of piperidine rings is 1. The number of hydrogen-bond donors (Lipinski definition) is 1. The molecule has 1 aliphatic rings.